The molecule has 2 rings (SSSR count). The van der Waals surface area contributed by atoms with Crippen LogP contribution in [-0.4, -0.2) is 11.9 Å². The lowest BCUT2D eigenvalue weighted by Crippen LogP contribution is -2.10. The number of hydrogen-bond donors (Lipinski definition) is 0. The Bertz CT molecular complexity index is 442. The molecule has 0 heterocycles. The van der Waals surface area contributed by atoms with Crippen molar-refractivity contribution >= 4 is 5.78 Å². The van der Waals surface area contributed by atoms with Gasteiger partial charge in [-0.15, -0.1) is 0 Å². The molecule has 1 aromatic carbocycles. The third-order valence-electron chi connectivity index (χ3n) is 3.31. The van der Waals surface area contributed by atoms with E-state index in [9.17, 15) is 4.79 Å². The van der Waals surface area contributed by atoms with Gasteiger partial charge in [-0.1, -0.05) is 0 Å². The molecule has 0 amide bonds. The number of carbonyl (C=O) groups excluding carboxylic acids is 1. The highest BCUT2D eigenvalue weighted by atomic mass is 16.5. The van der Waals surface area contributed by atoms with Crippen LogP contribution in [-0.2, 0) is 0 Å². The van der Waals surface area contributed by atoms with Gasteiger partial charge < -0.3 is 4.74 Å². The molecular formula is C15H20O2. The SMILES string of the molecule is Cc1c(OC(C)C)ccc(C(=O)C2CC2)c1C. The van der Waals surface area contributed by atoms with Crippen LogP contribution >= 0.6 is 0 Å². The van der Waals surface area contributed by atoms with Gasteiger partial charge in [0.1, 0.15) is 5.75 Å². The fourth-order valence-corrected chi connectivity index (χ4v) is 2.01. The summed E-state index contributed by atoms with van der Waals surface area (Å²) in [5.74, 6) is 1.48. The van der Waals surface area contributed by atoms with E-state index in [0.29, 0.717) is 5.78 Å². The largest absolute Gasteiger partial charge is 0.491 e. The molecular weight excluding hydrogens is 212 g/mol. The second-order valence-corrected chi connectivity index (χ2v) is 5.17. The van der Waals surface area contributed by atoms with Gasteiger partial charge in [-0.25, -0.2) is 0 Å². The minimum absolute atomic E-state index is 0.165. The van der Waals surface area contributed by atoms with Crippen LogP contribution < -0.4 is 4.74 Å². The van der Waals surface area contributed by atoms with E-state index in [-0.39, 0.29) is 12.0 Å². The Labute approximate surface area is 103 Å². The van der Waals surface area contributed by atoms with Crippen LogP contribution in [0.15, 0.2) is 12.1 Å². The van der Waals surface area contributed by atoms with E-state index < -0.39 is 0 Å². The summed E-state index contributed by atoms with van der Waals surface area (Å²) in [5.41, 5.74) is 3.03. The topological polar surface area (TPSA) is 26.3 Å². The van der Waals surface area contributed by atoms with Crippen LogP contribution in [0.2, 0.25) is 0 Å². The van der Waals surface area contributed by atoms with Gasteiger partial charge in [-0.05, 0) is 63.8 Å². The van der Waals surface area contributed by atoms with Crippen LogP contribution in [0, 0.1) is 19.8 Å². The fraction of sp³-hybridized carbons (Fsp3) is 0.533. The second-order valence-electron chi connectivity index (χ2n) is 5.17. The number of benzene rings is 1. The molecule has 0 N–H and O–H groups in total. The Balaban J connectivity index is 2.31. The Hall–Kier alpha value is -1.31. The number of ketones is 1. The molecule has 0 aliphatic heterocycles. The molecule has 1 aromatic rings. The number of Topliss-reactive ketones (excluding diaryl/α,β-unsaturated/α-hetero) is 1. The average Bonchev–Trinajstić information content (AvgIpc) is 3.07. The Morgan fingerprint density at radius 1 is 1.24 bits per heavy atom. The Morgan fingerprint density at radius 2 is 1.88 bits per heavy atom. The first-order valence-electron chi connectivity index (χ1n) is 6.31. The van der Waals surface area contributed by atoms with Crippen molar-refractivity contribution in [1.82, 2.24) is 0 Å². The molecule has 0 aromatic heterocycles. The van der Waals surface area contributed by atoms with E-state index >= 15 is 0 Å². The Morgan fingerprint density at radius 3 is 2.41 bits per heavy atom. The predicted octanol–water partition coefficient (Wildman–Crippen LogP) is 3.68. The molecule has 1 fully saturated rings. The zero-order valence-electron chi connectivity index (χ0n) is 11.0. The molecule has 92 valence electrons. The average molecular weight is 232 g/mol. The zero-order valence-corrected chi connectivity index (χ0v) is 11.0. The van der Waals surface area contributed by atoms with E-state index in [0.717, 1.165) is 35.3 Å². The molecule has 0 saturated heterocycles. The fourth-order valence-electron chi connectivity index (χ4n) is 2.01. The van der Waals surface area contributed by atoms with E-state index in [1.807, 2.05) is 39.8 Å². The lowest BCUT2D eigenvalue weighted by Gasteiger charge is -2.16. The first kappa shape index (κ1) is 12.2. The van der Waals surface area contributed by atoms with Crippen molar-refractivity contribution in [3.8, 4) is 5.75 Å². The standard InChI is InChI=1S/C15H20O2/c1-9(2)17-14-8-7-13(10(3)11(14)4)15(16)12-5-6-12/h7-9,12H,5-6H2,1-4H3. The van der Waals surface area contributed by atoms with Gasteiger partial charge >= 0.3 is 0 Å². The van der Waals surface area contributed by atoms with Crippen LogP contribution in [0.1, 0.15) is 48.2 Å². The van der Waals surface area contributed by atoms with Gasteiger partial charge in [0.25, 0.3) is 0 Å². The van der Waals surface area contributed by atoms with Gasteiger partial charge in [-0.3, -0.25) is 4.79 Å². The summed E-state index contributed by atoms with van der Waals surface area (Å²) in [7, 11) is 0. The van der Waals surface area contributed by atoms with Crippen LogP contribution in [0.4, 0.5) is 0 Å². The molecule has 2 heteroatoms. The van der Waals surface area contributed by atoms with Crippen molar-refractivity contribution in [2.24, 2.45) is 5.92 Å². The highest BCUT2D eigenvalue weighted by Crippen LogP contribution is 2.35. The summed E-state index contributed by atoms with van der Waals surface area (Å²) in [6, 6.07) is 3.85. The first-order chi connectivity index (χ1) is 8.00. The van der Waals surface area contributed by atoms with Gasteiger partial charge in [0.2, 0.25) is 0 Å². The van der Waals surface area contributed by atoms with Crippen molar-refractivity contribution < 1.29 is 9.53 Å². The second kappa shape index (κ2) is 4.52. The van der Waals surface area contributed by atoms with Crippen molar-refractivity contribution in [2.75, 3.05) is 0 Å². The molecule has 1 aliphatic carbocycles. The van der Waals surface area contributed by atoms with Crippen molar-refractivity contribution in [3.05, 3.63) is 28.8 Å². The van der Waals surface area contributed by atoms with E-state index in [1.165, 1.54) is 0 Å². The minimum Gasteiger partial charge on any atom is -0.491 e. The maximum Gasteiger partial charge on any atom is 0.166 e. The molecule has 0 bridgehead atoms. The summed E-state index contributed by atoms with van der Waals surface area (Å²) in [6.07, 6.45) is 2.28. The van der Waals surface area contributed by atoms with E-state index in [4.69, 9.17) is 4.74 Å². The van der Waals surface area contributed by atoms with Crippen LogP contribution in [0.3, 0.4) is 0 Å². The lowest BCUT2D eigenvalue weighted by atomic mass is 9.97. The van der Waals surface area contributed by atoms with Crippen LogP contribution in [0.5, 0.6) is 5.75 Å². The van der Waals surface area contributed by atoms with Gasteiger partial charge in [-0.2, -0.15) is 0 Å². The summed E-state index contributed by atoms with van der Waals surface area (Å²) in [5, 5.41) is 0. The quantitative estimate of drug-likeness (QED) is 0.740. The molecule has 1 aliphatic rings. The number of rotatable bonds is 4. The van der Waals surface area contributed by atoms with Crippen molar-refractivity contribution in [2.45, 2.75) is 46.6 Å². The van der Waals surface area contributed by atoms with E-state index in [1.54, 1.807) is 0 Å². The van der Waals surface area contributed by atoms with Gasteiger partial charge in [0.15, 0.2) is 5.78 Å². The number of ether oxygens (including phenoxy) is 1. The van der Waals surface area contributed by atoms with E-state index in [2.05, 4.69) is 0 Å². The van der Waals surface area contributed by atoms with Crippen molar-refractivity contribution in [3.63, 3.8) is 0 Å². The molecule has 2 nitrogen and oxygen atoms in total. The number of carbonyl (C=O) groups is 1. The molecule has 1 saturated carbocycles. The lowest BCUT2D eigenvalue weighted by molar-refractivity contribution is 0.0967. The molecule has 0 spiro atoms. The molecule has 0 unspecified atom stereocenters. The highest BCUT2D eigenvalue weighted by Gasteiger charge is 2.31. The predicted molar refractivity (Wildman–Crippen MR) is 68.7 cm³/mol. The monoisotopic (exact) mass is 232 g/mol. The first-order valence-corrected chi connectivity index (χ1v) is 6.31. The summed E-state index contributed by atoms with van der Waals surface area (Å²) >= 11 is 0. The zero-order chi connectivity index (χ0) is 12.6. The normalized spacial score (nSPS) is 15.1. The minimum atomic E-state index is 0.165. The summed E-state index contributed by atoms with van der Waals surface area (Å²) in [6.45, 7) is 8.06. The third kappa shape index (κ3) is 2.51. The van der Waals surface area contributed by atoms with Crippen LogP contribution in [0.25, 0.3) is 0 Å². The Kier molecular flexibility index (Phi) is 3.23. The highest BCUT2D eigenvalue weighted by molar-refractivity contribution is 6.00. The van der Waals surface area contributed by atoms with Gasteiger partial charge in [0, 0.05) is 11.5 Å². The molecule has 0 radical (unpaired) electrons. The molecule has 17 heavy (non-hydrogen) atoms. The third-order valence-corrected chi connectivity index (χ3v) is 3.31. The van der Waals surface area contributed by atoms with Crippen molar-refractivity contribution in [1.29, 1.82) is 0 Å². The smallest absolute Gasteiger partial charge is 0.166 e. The van der Waals surface area contributed by atoms with Gasteiger partial charge in [0.05, 0.1) is 6.10 Å². The summed E-state index contributed by atoms with van der Waals surface area (Å²) < 4.78 is 5.73. The maximum absolute atomic E-state index is 12.1. The summed E-state index contributed by atoms with van der Waals surface area (Å²) in [4.78, 5) is 12.1. The maximum atomic E-state index is 12.1. The number of hydrogen-bond acceptors (Lipinski definition) is 2. The molecule has 0 atom stereocenters.